The van der Waals surface area contributed by atoms with Gasteiger partial charge in [0.1, 0.15) is 0 Å². The van der Waals surface area contributed by atoms with Crippen LogP contribution in [0.1, 0.15) is 5.56 Å². The summed E-state index contributed by atoms with van der Waals surface area (Å²) in [6, 6.07) is 10.7. The van der Waals surface area contributed by atoms with E-state index in [1.165, 1.54) is 10.2 Å². The van der Waals surface area contributed by atoms with Crippen molar-refractivity contribution in [1.82, 2.24) is 8.87 Å². The molecule has 1 saturated heterocycles. The number of aryl methyl sites for hydroxylation is 1. The summed E-state index contributed by atoms with van der Waals surface area (Å²) < 4.78 is 31.4. The average molecular weight is 387 g/mol. The largest absolute Gasteiger partial charge is 0.378 e. The molecule has 2 amide bonds. The summed E-state index contributed by atoms with van der Waals surface area (Å²) in [6.07, 6.45) is 1.20. The molecule has 0 radical (unpaired) electrons. The Balaban J connectivity index is 1.85. The Morgan fingerprint density at radius 2 is 1.78 bits per heavy atom. The van der Waals surface area contributed by atoms with Gasteiger partial charge in [-0.15, -0.1) is 0 Å². The molecule has 2 heterocycles. The Morgan fingerprint density at radius 1 is 1.07 bits per heavy atom. The first kappa shape index (κ1) is 17.8. The van der Waals surface area contributed by atoms with Crippen molar-refractivity contribution < 1.29 is 17.9 Å². The Bertz CT molecular complexity index is 1140. The zero-order chi connectivity index (χ0) is 19.2. The number of hydrogen-bond donors (Lipinski definition) is 1. The van der Waals surface area contributed by atoms with Crippen molar-refractivity contribution in [2.75, 3.05) is 37.9 Å². The number of nitrogens with zero attached hydrogens (tertiary/aromatic N) is 2. The maximum atomic E-state index is 12.5. The molecular weight excluding hydrogens is 366 g/mol. The van der Waals surface area contributed by atoms with Crippen molar-refractivity contribution in [3.05, 3.63) is 42.0 Å². The summed E-state index contributed by atoms with van der Waals surface area (Å²) in [4.78, 5) is 14.3. The van der Waals surface area contributed by atoms with Crippen molar-refractivity contribution in [1.29, 1.82) is 0 Å². The number of benzene rings is 2. The number of ether oxygens (including phenoxy) is 1. The normalized spacial score (nSPS) is 15.4. The number of carbonyl (C=O) groups excluding carboxylic acids is 1. The van der Waals surface area contributed by atoms with Crippen LogP contribution in [0.2, 0.25) is 0 Å². The number of para-hydroxylation sites is 1. The Labute approximate surface area is 157 Å². The van der Waals surface area contributed by atoms with Gasteiger partial charge in [-0.25, -0.2) is 17.2 Å². The molecule has 0 unspecified atom stereocenters. The number of rotatable bonds is 2. The van der Waals surface area contributed by atoms with Crippen molar-refractivity contribution in [2.45, 2.75) is 6.92 Å². The molecule has 0 bridgehead atoms. The molecule has 1 fully saturated rings. The predicted octanol–water partition coefficient (Wildman–Crippen LogP) is 2.77. The fourth-order valence-corrected chi connectivity index (χ4v) is 4.68. The van der Waals surface area contributed by atoms with E-state index in [1.54, 1.807) is 23.1 Å². The SMILES string of the molecule is Cc1c(NC(=O)N2CCOCC2)ccc2c1c1ccccc1n2S(C)(=O)=O. The van der Waals surface area contributed by atoms with Gasteiger partial charge in [-0.2, -0.15) is 0 Å². The minimum Gasteiger partial charge on any atom is -0.378 e. The van der Waals surface area contributed by atoms with Crippen molar-refractivity contribution in [3.8, 4) is 0 Å². The molecule has 7 nitrogen and oxygen atoms in total. The summed E-state index contributed by atoms with van der Waals surface area (Å²) in [7, 11) is -3.48. The maximum absolute atomic E-state index is 12.5. The maximum Gasteiger partial charge on any atom is 0.322 e. The molecule has 0 saturated carbocycles. The van der Waals surface area contributed by atoms with E-state index < -0.39 is 10.0 Å². The van der Waals surface area contributed by atoms with Crippen LogP contribution in [-0.4, -0.2) is 55.9 Å². The minimum atomic E-state index is -3.48. The first-order valence-electron chi connectivity index (χ1n) is 8.75. The number of hydrogen-bond acceptors (Lipinski definition) is 4. The molecule has 4 rings (SSSR count). The second-order valence-electron chi connectivity index (χ2n) is 6.71. The van der Waals surface area contributed by atoms with E-state index in [1.807, 2.05) is 25.1 Å². The van der Waals surface area contributed by atoms with Gasteiger partial charge in [0, 0.05) is 29.5 Å². The molecule has 142 valence electrons. The molecule has 3 aromatic rings. The molecule has 8 heteroatoms. The van der Waals surface area contributed by atoms with Crippen LogP contribution in [0.5, 0.6) is 0 Å². The molecule has 27 heavy (non-hydrogen) atoms. The molecule has 1 aliphatic rings. The molecule has 2 aromatic carbocycles. The van der Waals surface area contributed by atoms with Gasteiger partial charge in [0.25, 0.3) is 0 Å². The van der Waals surface area contributed by atoms with Gasteiger partial charge >= 0.3 is 6.03 Å². The van der Waals surface area contributed by atoms with E-state index in [-0.39, 0.29) is 6.03 Å². The summed E-state index contributed by atoms with van der Waals surface area (Å²) in [5.74, 6) is 0. The highest BCUT2D eigenvalue weighted by Crippen LogP contribution is 2.35. The third kappa shape index (κ3) is 3.04. The Kier molecular flexibility index (Phi) is 4.32. The zero-order valence-electron chi connectivity index (χ0n) is 15.2. The third-order valence-corrected chi connectivity index (χ3v) is 5.98. The molecular formula is C19H21N3O4S. The summed E-state index contributed by atoms with van der Waals surface area (Å²) in [6.45, 7) is 4.08. The van der Waals surface area contributed by atoms with Crippen LogP contribution in [0.3, 0.4) is 0 Å². The van der Waals surface area contributed by atoms with Crippen LogP contribution in [0.25, 0.3) is 21.8 Å². The van der Waals surface area contributed by atoms with Gasteiger partial charge in [0.05, 0.1) is 30.5 Å². The van der Waals surface area contributed by atoms with Gasteiger partial charge in [-0.3, -0.25) is 0 Å². The number of nitrogens with one attached hydrogen (secondary N) is 1. The van der Waals surface area contributed by atoms with Gasteiger partial charge in [-0.05, 0) is 30.7 Å². The quantitative estimate of drug-likeness (QED) is 0.733. The average Bonchev–Trinajstić information content (AvgIpc) is 3.00. The standard InChI is InChI=1S/C19H21N3O4S/c1-13-15(20-19(23)21-9-11-26-12-10-21)7-8-17-18(13)14-5-3-4-6-16(14)22(17)27(2,24)25/h3-8H,9-12H2,1-2H3,(H,20,23). The fourth-order valence-electron chi connectivity index (χ4n) is 3.65. The summed E-state index contributed by atoms with van der Waals surface area (Å²) in [5, 5.41) is 4.63. The molecule has 1 N–H and O–H groups in total. The number of aromatic nitrogens is 1. The highest BCUT2D eigenvalue weighted by Gasteiger charge is 2.21. The molecule has 0 spiro atoms. The first-order valence-corrected chi connectivity index (χ1v) is 10.6. The zero-order valence-corrected chi connectivity index (χ0v) is 16.0. The van der Waals surface area contributed by atoms with Crippen LogP contribution >= 0.6 is 0 Å². The van der Waals surface area contributed by atoms with Gasteiger partial charge in [-0.1, -0.05) is 18.2 Å². The number of carbonyl (C=O) groups is 1. The molecule has 1 aliphatic heterocycles. The highest BCUT2D eigenvalue weighted by atomic mass is 32.2. The second kappa shape index (κ2) is 6.54. The van der Waals surface area contributed by atoms with Gasteiger partial charge < -0.3 is 15.0 Å². The lowest BCUT2D eigenvalue weighted by atomic mass is 10.1. The lowest BCUT2D eigenvalue weighted by Crippen LogP contribution is -2.43. The highest BCUT2D eigenvalue weighted by molar-refractivity contribution is 7.89. The summed E-state index contributed by atoms with van der Waals surface area (Å²) >= 11 is 0. The van der Waals surface area contributed by atoms with E-state index in [0.29, 0.717) is 43.0 Å². The van der Waals surface area contributed by atoms with Gasteiger partial charge in [0.2, 0.25) is 10.0 Å². The first-order chi connectivity index (χ1) is 12.9. The molecule has 0 atom stereocenters. The van der Waals surface area contributed by atoms with E-state index in [9.17, 15) is 13.2 Å². The van der Waals surface area contributed by atoms with Crippen LogP contribution < -0.4 is 5.32 Å². The van der Waals surface area contributed by atoms with E-state index >= 15 is 0 Å². The molecule has 1 aromatic heterocycles. The summed E-state index contributed by atoms with van der Waals surface area (Å²) in [5.41, 5.74) is 2.76. The van der Waals surface area contributed by atoms with Crippen molar-refractivity contribution >= 4 is 43.5 Å². The Hall–Kier alpha value is -2.58. The third-order valence-electron chi connectivity index (χ3n) is 4.93. The smallest absolute Gasteiger partial charge is 0.322 e. The number of urea groups is 1. The van der Waals surface area contributed by atoms with Gasteiger partial charge in [0.15, 0.2) is 0 Å². The van der Waals surface area contributed by atoms with Crippen LogP contribution in [0, 0.1) is 6.92 Å². The van der Waals surface area contributed by atoms with E-state index in [0.717, 1.165) is 16.3 Å². The number of anilines is 1. The fraction of sp³-hybridized carbons (Fsp3) is 0.316. The monoisotopic (exact) mass is 387 g/mol. The topological polar surface area (TPSA) is 80.6 Å². The van der Waals surface area contributed by atoms with Crippen molar-refractivity contribution in [2.24, 2.45) is 0 Å². The predicted molar refractivity (Wildman–Crippen MR) is 106 cm³/mol. The Morgan fingerprint density at radius 3 is 2.48 bits per heavy atom. The molecule has 0 aliphatic carbocycles. The second-order valence-corrected chi connectivity index (χ2v) is 8.54. The van der Waals surface area contributed by atoms with E-state index in [2.05, 4.69) is 5.32 Å². The van der Waals surface area contributed by atoms with Crippen LogP contribution in [0.4, 0.5) is 10.5 Å². The van der Waals surface area contributed by atoms with Crippen LogP contribution in [-0.2, 0) is 14.8 Å². The van der Waals surface area contributed by atoms with Crippen LogP contribution in [0.15, 0.2) is 36.4 Å². The van der Waals surface area contributed by atoms with Crippen molar-refractivity contribution in [3.63, 3.8) is 0 Å². The minimum absolute atomic E-state index is 0.174. The number of amides is 2. The van der Waals surface area contributed by atoms with E-state index in [4.69, 9.17) is 4.74 Å². The number of morpholine rings is 1. The number of fused-ring (bicyclic) bond motifs is 3. The lowest BCUT2D eigenvalue weighted by molar-refractivity contribution is 0.0564. The lowest BCUT2D eigenvalue weighted by Gasteiger charge is -2.27.